The van der Waals surface area contributed by atoms with Crippen LogP contribution in [0.5, 0.6) is 0 Å². The van der Waals surface area contributed by atoms with Crippen LogP contribution in [0, 0.1) is 5.82 Å². The second-order valence-corrected chi connectivity index (χ2v) is 3.50. The zero-order chi connectivity index (χ0) is 13.9. The third kappa shape index (κ3) is 3.43. The monoisotopic (exact) mass is 265 g/mol. The maximum Gasteiger partial charge on any atom is 0.416 e. The minimum atomic E-state index is -4.70. The molecule has 0 saturated heterocycles. The van der Waals surface area contributed by atoms with Crippen LogP contribution in [0.2, 0.25) is 0 Å². The van der Waals surface area contributed by atoms with Gasteiger partial charge in [0.05, 0.1) is 12.2 Å². The Morgan fingerprint density at radius 3 is 2.50 bits per heavy atom. The topological polar surface area (TPSA) is 52.3 Å². The fourth-order valence-corrected chi connectivity index (χ4v) is 1.32. The fraction of sp³-hybridized carbons (Fsp3) is 0.364. The van der Waals surface area contributed by atoms with Crippen molar-refractivity contribution in [2.24, 2.45) is 5.73 Å². The largest absolute Gasteiger partial charge is 0.465 e. The summed E-state index contributed by atoms with van der Waals surface area (Å²) in [6.45, 7) is 1.56. The van der Waals surface area contributed by atoms with Gasteiger partial charge in [-0.15, -0.1) is 0 Å². The summed E-state index contributed by atoms with van der Waals surface area (Å²) < 4.78 is 54.9. The summed E-state index contributed by atoms with van der Waals surface area (Å²) >= 11 is 0. The molecule has 1 aromatic rings. The quantitative estimate of drug-likeness (QED) is 0.674. The maximum absolute atomic E-state index is 13.1. The van der Waals surface area contributed by atoms with Crippen molar-refractivity contribution < 1.29 is 27.1 Å². The molecule has 18 heavy (non-hydrogen) atoms. The molecule has 0 amide bonds. The Bertz CT molecular complexity index is 445. The highest BCUT2D eigenvalue weighted by atomic mass is 19.4. The van der Waals surface area contributed by atoms with Crippen molar-refractivity contribution in [2.45, 2.75) is 19.1 Å². The van der Waals surface area contributed by atoms with Gasteiger partial charge in [0.1, 0.15) is 11.9 Å². The van der Waals surface area contributed by atoms with Crippen molar-refractivity contribution in [3.8, 4) is 0 Å². The van der Waals surface area contributed by atoms with Crippen LogP contribution in [0.4, 0.5) is 17.6 Å². The number of esters is 1. The van der Waals surface area contributed by atoms with Gasteiger partial charge in [-0.3, -0.25) is 0 Å². The van der Waals surface area contributed by atoms with Gasteiger partial charge in [0.25, 0.3) is 0 Å². The van der Waals surface area contributed by atoms with E-state index in [0.717, 1.165) is 6.07 Å². The van der Waals surface area contributed by atoms with E-state index in [0.29, 0.717) is 12.1 Å². The third-order valence-electron chi connectivity index (χ3n) is 2.15. The molecule has 100 valence electrons. The molecule has 0 heterocycles. The first-order chi connectivity index (χ1) is 8.25. The van der Waals surface area contributed by atoms with Crippen LogP contribution >= 0.6 is 0 Å². The highest BCUT2D eigenvalue weighted by molar-refractivity contribution is 5.77. The van der Waals surface area contributed by atoms with Crippen molar-refractivity contribution in [2.75, 3.05) is 6.61 Å². The lowest BCUT2D eigenvalue weighted by molar-refractivity contribution is -0.145. The molecule has 0 aromatic heterocycles. The molecule has 0 aliphatic rings. The van der Waals surface area contributed by atoms with E-state index in [9.17, 15) is 22.4 Å². The predicted molar refractivity (Wildman–Crippen MR) is 55.0 cm³/mol. The lowest BCUT2D eigenvalue weighted by Crippen LogP contribution is -2.24. The summed E-state index contributed by atoms with van der Waals surface area (Å²) in [7, 11) is 0. The molecule has 0 aliphatic carbocycles. The molecule has 0 radical (unpaired) electrons. The Morgan fingerprint density at radius 2 is 2.00 bits per heavy atom. The van der Waals surface area contributed by atoms with Gasteiger partial charge in [-0.25, -0.2) is 9.18 Å². The second kappa shape index (κ2) is 5.34. The first kappa shape index (κ1) is 14.4. The highest BCUT2D eigenvalue weighted by Gasteiger charge is 2.32. The first-order valence-corrected chi connectivity index (χ1v) is 5.05. The number of carbonyl (C=O) groups is 1. The van der Waals surface area contributed by atoms with E-state index in [4.69, 9.17) is 5.73 Å². The molecule has 0 saturated carbocycles. The van der Waals surface area contributed by atoms with Gasteiger partial charge in [0.2, 0.25) is 0 Å². The SMILES string of the molecule is CCOC(=O)C(N)c1cc(F)cc(C(F)(F)F)c1. The molecule has 7 heteroatoms. The molecule has 0 fully saturated rings. The molecule has 0 bridgehead atoms. The van der Waals surface area contributed by atoms with E-state index in [1.807, 2.05) is 0 Å². The molecule has 0 spiro atoms. The number of ether oxygens (including phenoxy) is 1. The Hall–Kier alpha value is -1.63. The van der Waals surface area contributed by atoms with Crippen LogP contribution in [-0.2, 0) is 15.7 Å². The van der Waals surface area contributed by atoms with E-state index in [1.165, 1.54) is 6.92 Å². The average Bonchev–Trinajstić information content (AvgIpc) is 2.26. The number of nitrogens with two attached hydrogens (primary N) is 1. The van der Waals surface area contributed by atoms with Gasteiger partial charge in [-0.1, -0.05) is 0 Å². The summed E-state index contributed by atoms with van der Waals surface area (Å²) in [4.78, 5) is 11.3. The number of hydrogen-bond donors (Lipinski definition) is 1. The summed E-state index contributed by atoms with van der Waals surface area (Å²) in [6.07, 6.45) is -4.70. The zero-order valence-electron chi connectivity index (χ0n) is 9.42. The number of alkyl halides is 3. The molecule has 1 unspecified atom stereocenters. The minimum absolute atomic E-state index is 0.0357. The minimum Gasteiger partial charge on any atom is -0.465 e. The Labute approximate surface area is 101 Å². The van der Waals surface area contributed by atoms with Crippen LogP contribution in [0.1, 0.15) is 24.1 Å². The number of halogens is 4. The van der Waals surface area contributed by atoms with Crippen molar-refractivity contribution in [3.63, 3.8) is 0 Å². The lowest BCUT2D eigenvalue weighted by atomic mass is 10.0. The molecular formula is C11H11F4NO2. The Balaban J connectivity index is 3.10. The van der Waals surface area contributed by atoms with Crippen LogP contribution in [0.25, 0.3) is 0 Å². The average molecular weight is 265 g/mol. The maximum atomic E-state index is 13.1. The number of rotatable bonds is 3. The van der Waals surface area contributed by atoms with Crippen LogP contribution < -0.4 is 5.73 Å². The predicted octanol–water partition coefficient (Wildman–Crippen LogP) is 2.41. The number of benzene rings is 1. The van der Waals surface area contributed by atoms with Crippen molar-refractivity contribution in [1.82, 2.24) is 0 Å². The highest BCUT2D eigenvalue weighted by Crippen LogP contribution is 2.31. The Kier molecular flexibility index (Phi) is 4.28. The standard InChI is InChI=1S/C11H11F4NO2/c1-2-18-10(17)9(16)6-3-7(11(13,14)15)5-8(12)4-6/h3-5,9H,2,16H2,1H3. The number of hydrogen-bond acceptors (Lipinski definition) is 3. The molecule has 1 aromatic carbocycles. The van der Waals surface area contributed by atoms with E-state index in [1.54, 1.807) is 0 Å². The lowest BCUT2D eigenvalue weighted by Gasteiger charge is -2.13. The van der Waals surface area contributed by atoms with E-state index >= 15 is 0 Å². The Morgan fingerprint density at radius 1 is 1.39 bits per heavy atom. The number of carbonyl (C=O) groups excluding carboxylic acids is 1. The van der Waals surface area contributed by atoms with Crippen LogP contribution in [0.3, 0.4) is 0 Å². The second-order valence-electron chi connectivity index (χ2n) is 3.50. The molecule has 3 nitrogen and oxygen atoms in total. The summed E-state index contributed by atoms with van der Waals surface area (Å²) in [5, 5.41) is 0. The van der Waals surface area contributed by atoms with Gasteiger partial charge in [-0.2, -0.15) is 13.2 Å². The van der Waals surface area contributed by atoms with Crippen molar-refractivity contribution in [3.05, 3.63) is 35.1 Å². The first-order valence-electron chi connectivity index (χ1n) is 5.05. The third-order valence-corrected chi connectivity index (χ3v) is 2.15. The van der Waals surface area contributed by atoms with Gasteiger partial charge in [0, 0.05) is 0 Å². The van der Waals surface area contributed by atoms with E-state index < -0.39 is 29.6 Å². The molecular weight excluding hydrogens is 254 g/mol. The van der Waals surface area contributed by atoms with E-state index in [-0.39, 0.29) is 12.2 Å². The van der Waals surface area contributed by atoms with Crippen molar-refractivity contribution >= 4 is 5.97 Å². The fourth-order valence-electron chi connectivity index (χ4n) is 1.32. The van der Waals surface area contributed by atoms with Gasteiger partial charge in [-0.05, 0) is 30.7 Å². The van der Waals surface area contributed by atoms with Crippen LogP contribution in [-0.4, -0.2) is 12.6 Å². The van der Waals surface area contributed by atoms with Gasteiger partial charge >= 0.3 is 12.1 Å². The van der Waals surface area contributed by atoms with Gasteiger partial charge < -0.3 is 10.5 Å². The molecule has 1 rings (SSSR count). The molecule has 0 aliphatic heterocycles. The molecule has 1 atom stereocenters. The normalized spacial score (nSPS) is 13.2. The van der Waals surface area contributed by atoms with Crippen molar-refractivity contribution in [1.29, 1.82) is 0 Å². The summed E-state index contributed by atoms with van der Waals surface area (Å²) in [5.41, 5.74) is 3.92. The van der Waals surface area contributed by atoms with E-state index in [2.05, 4.69) is 4.74 Å². The van der Waals surface area contributed by atoms with Gasteiger partial charge in [0.15, 0.2) is 0 Å². The zero-order valence-corrected chi connectivity index (χ0v) is 9.42. The van der Waals surface area contributed by atoms with Crippen LogP contribution in [0.15, 0.2) is 18.2 Å². The summed E-state index contributed by atoms with van der Waals surface area (Å²) in [6, 6.07) is 0.296. The molecule has 2 N–H and O–H groups in total. The summed E-state index contributed by atoms with van der Waals surface area (Å²) in [5.74, 6) is -2.02. The smallest absolute Gasteiger partial charge is 0.416 e.